The summed E-state index contributed by atoms with van der Waals surface area (Å²) >= 11 is 0. The number of aliphatic hydroxyl groups excluding tert-OH is 1. The minimum absolute atomic E-state index is 0.0162. The molecule has 24 heavy (non-hydrogen) atoms. The number of ether oxygens (including phenoxy) is 1. The van der Waals surface area contributed by atoms with Crippen molar-refractivity contribution in [3.05, 3.63) is 70.8 Å². The van der Waals surface area contributed by atoms with Crippen LogP contribution in [0.2, 0.25) is 0 Å². The first-order valence-corrected chi connectivity index (χ1v) is 7.73. The van der Waals surface area contributed by atoms with Crippen molar-refractivity contribution in [2.45, 2.75) is 12.5 Å². The van der Waals surface area contributed by atoms with Gasteiger partial charge in [0.15, 0.2) is 5.78 Å². The molecule has 1 aliphatic carbocycles. The van der Waals surface area contributed by atoms with Crippen LogP contribution in [0.3, 0.4) is 0 Å². The summed E-state index contributed by atoms with van der Waals surface area (Å²) in [6, 6.07) is 14.7. The zero-order valence-corrected chi connectivity index (χ0v) is 13.1. The molecular formula is C19H16N2O3. The average Bonchev–Trinajstić information content (AvgIpc) is 3.19. The van der Waals surface area contributed by atoms with Crippen LogP contribution in [0.5, 0.6) is 5.75 Å². The van der Waals surface area contributed by atoms with Gasteiger partial charge in [-0.2, -0.15) is 5.10 Å². The van der Waals surface area contributed by atoms with E-state index in [-0.39, 0.29) is 17.6 Å². The summed E-state index contributed by atoms with van der Waals surface area (Å²) in [5, 5.41) is 14.7. The number of nitrogens with zero attached hydrogens (tertiary/aromatic N) is 1. The Kier molecular flexibility index (Phi) is 3.34. The lowest BCUT2D eigenvalue weighted by atomic mass is 9.97. The molecule has 2 aromatic carbocycles. The predicted octanol–water partition coefficient (Wildman–Crippen LogP) is 3.25. The molecule has 0 radical (unpaired) electrons. The van der Waals surface area contributed by atoms with E-state index in [1.165, 1.54) is 0 Å². The maximum Gasteiger partial charge on any atom is 0.199 e. The van der Waals surface area contributed by atoms with Gasteiger partial charge in [-0.05, 0) is 17.7 Å². The first-order chi connectivity index (χ1) is 11.7. The lowest BCUT2D eigenvalue weighted by Gasteiger charge is -2.11. The first-order valence-electron chi connectivity index (χ1n) is 7.73. The third-order valence-electron chi connectivity index (χ3n) is 4.43. The van der Waals surface area contributed by atoms with Gasteiger partial charge in [0, 0.05) is 17.5 Å². The van der Waals surface area contributed by atoms with E-state index in [4.69, 9.17) is 4.74 Å². The SMILES string of the molecule is COc1cccc([C@H]2CC(C3=C(O)c4ccccc4C3=O)=NN2)c1. The van der Waals surface area contributed by atoms with Gasteiger partial charge < -0.3 is 15.3 Å². The van der Waals surface area contributed by atoms with Crippen LogP contribution in [0.15, 0.2) is 59.2 Å². The fraction of sp³-hybridized carbons (Fsp3) is 0.158. The normalized spacial score (nSPS) is 19.1. The number of ketones is 1. The number of rotatable bonds is 3. The molecule has 1 aliphatic heterocycles. The number of hydrogen-bond donors (Lipinski definition) is 2. The van der Waals surface area contributed by atoms with Gasteiger partial charge >= 0.3 is 0 Å². The second-order valence-corrected chi connectivity index (χ2v) is 5.82. The Labute approximate surface area is 139 Å². The quantitative estimate of drug-likeness (QED) is 0.910. The maximum atomic E-state index is 12.6. The Balaban J connectivity index is 1.62. The summed E-state index contributed by atoms with van der Waals surface area (Å²) in [6.45, 7) is 0. The molecule has 1 heterocycles. The second-order valence-electron chi connectivity index (χ2n) is 5.82. The van der Waals surface area contributed by atoms with Crippen LogP contribution >= 0.6 is 0 Å². The van der Waals surface area contributed by atoms with Crippen molar-refractivity contribution >= 4 is 17.3 Å². The van der Waals surface area contributed by atoms with Crippen LogP contribution in [-0.2, 0) is 0 Å². The number of methoxy groups -OCH3 is 1. The third-order valence-corrected chi connectivity index (χ3v) is 4.43. The van der Waals surface area contributed by atoms with E-state index in [1.54, 1.807) is 31.4 Å². The molecule has 0 aromatic heterocycles. The molecular weight excluding hydrogens is 304 g/mol. The number of fused-ring (bicyclic) bond motifs is 1. The molecule has 0 fully saturated rings. The van der Waals surface area contributed by atoms with Crippen LogP contribution in [0.25, 0.3) is 5.76 Å². The van der Waals surface area contributed by atoms with Crippen molar-refractivity contribution < 1.29 is 14.6 Å². The van der Waals surface area contributed by atoms with Crippen LogP contribution < -0.4 is 10.2 Å². The number of nitrogens with one attached hydrogen (secondary N) is 1. The topological polar surface area (TPSA) is 70.9 Å². The Bertz CT molecular complexity index is 899. The molecule has 0 amide bonds. The number of carbonyl (C=O) groups excluding carboxylic acids is 1. The van der Waals surface area contributed by atoms with Crippen LogP contribution in [0, 0.1) is 0 Å². The van der Waals surface area contributed by atoms with Crippen molar-refractivity contribution in [3.8, 4) is 5.75 Å². The van der Waals surface area contributed by atoms with E-state index in [9.17, 15) is 9.90 Å². The maximum absolute atomic E-state index is 12.6. The minimum atomic E-state index is -0.171. The predicted molar refractivity (Wildman–Crippen MR) is 91.2 cm³/mol. The standard InChI is InChI=1S/C19H16N2O3/c1-24-12-6-4-5-11(9-12)15-10-16(21-20-15)17-18(22)13-7-2-3-8-14(13)19(17)23/h2-9,15,20,22H,10H2,1H3/t15-/m1/s1. The van der Waals surface area contributed by atoms with Crippen LogP contribution in [-0.4, -0.2) is 23.7 Å². The molecule has 2 N–H and O–H groups in total. The molecule has 0 spiro atoms. The average molecular weight is 320 g/mol. The molecule has 0 saturated heterocycles. The highest BCUT2D eigenvalue weighted by Gasteiger charge is 2.35. The number of hydrogen-bond acceptors (Lipinski definition) is 5. The Hall–Kier alpha value is -3.08. The van der Waals surface area contributed by atoms with Gasteiger partial charge in [-0.25, -0.2) is 0 Å². The van der Waals surface area contributed by atoms with Crippen molar-refractivity contribution in [1.29, 1.82) is 0 Å². The highest BCUT2D eigenvalue weighted by atomic mass is 16.5. The molecule has 5 heteroatoms. The smallest absolute Gasteiger partial charge is 0.199 e. The van der Waals surface area contributed by atoms with Gasteiger partial charge in [0.05, 0.1) is 24.4 Å². The van der Waals surface area contributed by atoms with E-state index in [1.807, 2.05) is 24.3 Å². The number of Topliss-reactive ketones (excluding diaryl/α,β-unsaturated/α-hetero) is 1. The summed E-state index contributed by atoms with van der Waals surface area (Å²) in [6.07, 6.45) is 0.534. The van der Waals surface area contributed by atoms with Crippen molar-refractivity contribution in [1.82, 2.24) is 5.43 Å². The van der Waals surface area contributed by atoms with Crippen molar-refractivity contribution in [3.63, 3.8) is 0 Å². The van der Waals surface area contributed by atoms with Gasteiger partial charge in [0.1, 0.15) is 11.5 Å². The molecule has 0 bridgehead atoms. The minimum Gasteiger partial charge on any atom is -0.506 e. The zero-order valence-electron chi connectivity index (χ0n) is 13.1. The van der Waals surface area contributed by atoms with E-state index in [2.05, 4.69) is 10.5 Å². The molecule has 1 atom stereocenters. The molecule has 5 nitrogen and oxygen atoms in total. The molecule has 4 rings (SSSR count). The number of benzene rings is 2. The lowest BCUT2D eigenvalue weighted by molar-refractivity contribution is 0.104. The van der Waals surface area contributed by atoms with Gasteiger partial charge in [0.25, 0.3) is 0 Å². The highest BCUT2D eigenvalue weighted by molar-refractivity contribution is 6.35. The Morgan fingerprint density at radius 1 is 1.17 bits per heavy atom. The second kappa shape index (κ2) is 5.53. The summed E-state index contributed by atoms with van der Waals surface area (Å²) in [4.78, 5) is 12.6. The lowest BCUT2D eigenvalue weighted by Crippen LogP contribution is -2.11. The molecule has 0 saturated carbocycles. The van der Waals surface area contributed by atoms with Crippen molar-refractivity contribution in [2.75, 3.05) is 7.11 Å². The number of aliphatic hydroxyl groups is 1. The van der Waals surface area contributed by atoms with Gasteiger partial charge in [0.2, 0.25) is 0 Å². The number of hydrazone groups is 1. The Morgan fingerprint density at radius 2 is 1.96 bits per heavy atom. The first kappa shape index (κ1) is 14.5. The number of allylic oxidation sites excluding steroid dienone is 1. The fourth-order valence-corrected chi connectivity index (χ4v) is 3.18. The third kappa shape index (κ3) is 2.17. The molecule has 2 aliphatic rings. The molecule has 0 unspecified atom stereocenters. The zero-order chi connectivity index (χ0) is 16.7. The summed E-state index contributed by atoms with van der Waals surface area (Å²) in [5.74, 6) is 0.617. The van der Waals surface area contributed by atoms with E-state index in [0.29, 0.717) is 28.8 Å². The molecule has 2 aromatic rings. The van der Waals surface area contributed by atoms with Crippen LogP contribution in [0.1, 0.15) is 33.9 Å². The summed E-state index contributed by atoms with van der Waals surface area (Å²) < 4.78 is 5.25. The van der Waals surface area contributed by atoms with E-state index in [0.717, 1.165) is 11.3 Å². The monoisotopic (exact) mass is 320 g/mol. The number of carbonyl (C=O) groups is 1. The van der Waals surface area contributed by atoms with E-state index < -0.39 is 0 Å². The Morgan fingerprint density at radius 3 is 2.71 bits per heavy atom. The molecule has 120 valence electrons. The summed E-state index contributed by atoms with van der Waals surface area (Å²) in [7, 11) is 1.63. The summed E-state index contributed by atoms with van der Waals surface area (Å²) in [5.41, 5.74) is 6.06. The highest BCUT2D eigenvalue weighted by Crippen LogP contribution is 2.35. The van der Waals surface area contributed by atoms with Crippen LogP contribution in [0.4, 0.5) is 0 Å². The van der Waals surface area contributed by atoms with Crippen molar-refractivity contribution in [2.24, 2.45) is 5.10 Å². The van der Waals surface area contributed by atoms with Gasteiger partial charge in [-0.1, -0.05) is 36.4 Å². The van der Waals surface area contributed by atoms with Gasteiger partial charge in [-0.15, -0.1) is 0 Å². The van der Waals surface area contributed by atoms with Gasteiger partial charge in [-0.3, -0.25) is 4.79 Å². The largest absolute Gasteiger partial charge is 0.506 e. The fourth-order valence-electron chi connectivity index (χ4n) is 3.18. The van der Waals surface area contributed by atoms with E-state index >= 15 is 0 Å².